The van der Waals surface area contributed by atoms with Crippen LogP contribution in [0.5, 0.6) is 5.75 Å². The smallest absolute Gasteiger partial charge is 0.317 e. The van der Waals surface area contributed by atoms with Crippen molar-refractivity contribution in [2.75, 3.05) is 33.7 Å². The molecule has 0 aliphatic heterocycles. The summed E-state index contributed by atoms with van der Waals surface area (Å²) in [5, 5.41) is 19.0. The van der Waals surface area contributed by atoms with Crippen LogP contribution in [-0.4, -0.2) is 59.7 Å². The number of rotatable bonds is 7. The Labute approximate surface area is 120 Å². The summed E-state index contributed by atoms with van der Waals surface area (Å²) in [6.07, 6.45) is 0. The summed E-state index contributed by atoms with van der Waals surface area (Å²) in [7, 11) is 3.90. The zero-order chi connectivity index (χ0) is 15.3. The summed E-state index contributed by atoms with van der Waals surface area (Å²) in [4.78, 5) is 14.9. The van der Waals surface area contributed by atoms with E-state index in [0.29, 0.717) is 6.54 Å². The number of benzene rings is 1. The second-order valence-electron chi connectivity index (χ2n) is 5.41. The largest absolute Gasteiger partial charge is 0.508 e. The first-order valence-corrected chi connectivity index (χ1v) is 6.71. The summed E-state index contributed by atoms with van der Waals surface area (Å²) in [5.74, 6) is -0.647. The SMILES string of the molecule is Cc1ccc(O)c(C(C)N(CCN(C)C)CC(=O)O)c1. The van der Waals surface area contributed by atoms with Gasteiger partial charge in [0, 0.05) is 24.7 Å². The molecule has 0 heterocycles. The molecule has 1 aromatic rings. The molecule has 5 heteroatoms. The van der Waals surface area contributed by atoms with Crippen molar-refractivity contribution in [3.8, 4) is 5.75 Å². The fourth-order valence-electron chi connectivity index (χ4n) is 2.12. The number of nitrogens with zero attached hydrogens (tertiary/aromatic N) is 2. The average molecular weight is 280 g/mol. The topological polar surface area (TPSA) is 64.0 Å². The van der Waals surface area contributed by atoms with Gasteiger partial charge >= 0.3 is 5.97 Å². The number of aliphatic carboxylic acids is 1. The molecule has 1 rings (SSSR count). The Balaban J connectivity index is 2.93. The lowest BCUT2D eigenvalue weighted by Crippen LogP contribution is -2.37. The molecule has 0 aromatic heterocycles. The third-order valence-corrected chi connectivity index (χ3v) is 3.35. The van der Waals surface area contributed by atoms with E-state index in [-0.39, 0.29) is 18.3 Å². The zero-order valence-corrected chi connectivity index (χ0v) is 12.6. The summed E-state index contributed by atoms with van der Waals surface area (Å²) < 4.78 is 0. The van der Waals surface area contributed by atoms with E-state index in [0.717, 1.165) is 17.7 Å². The molecule has 1 atom stereocenters. The first-order valence-electron chi connectivity index (χ1n) is 6.71. The standard InChI is InChI=1S/C15H24N2O3/c1-11-5-6-14(18)13(9-11)12(2)17(10-15(19)20)8-7-16(3)4/h5-6,9,12,18H,7-8,10H2,1-4H3,(H,19,20). The van der Waals surface area contributed by atoms with Crippen LogP contribution in [0.1, 0.15) is 24.1 Å². The Morgan fingerprint density at radius 3 is 2.50 bits per heavy atom. The predicted molar refractivity (Wildman–Crippen MR) is 79.0 cm³/mol. The van der Waals surface area contributed by atoms with Crippen molar-refractivity contribution < 1.29 is 15.0 Å². The van der Waals surface area contributed by atoms with Crippen molar-refractivity contribution in [2.45, 2.75) is 19.9 Å². The Morgan fingerprint density at radius 1 is 1.30 bits per heavy atom. The van der Waals surface area contributed by atoms with Crippen LogP contribution >= 0.6 is 0 Å². The fourth-order valence-corrected chi connectivity index (χ4v) is 2.12. The van der Waals surface area contributed by atoms with Crippen LogP contribution in [0.4, 0.5) is 0 Å². The molecule has 0 fully saturated rings. The van der Waals surface area contributed by atoms with Gasteiger partial charge in [0.1, 0.15) is 5.75 Å². The first-order chi connectivity index (χ1) is 9.31. The van der Waals surface area contributed by atoms with Crippen LogP contribution < -0.4 is 0 Å². The minimum atomic E-state index is -0.859. The van der Waals surface area contributed by atoms with E-state index in [4.69, 9.17) is 5.11 Å². The molecule has 20 heavy (non-hydrogen) atoms. The molecule has 112 valence electrons. The highest BCUT2D eigenvalue weighted by molar-refractivity contribution is 5.69. The molecule has 0 bridgehead atoms. The molecule has 0 aliphatic rings. The molecule has 0 aliphatic carbocycles. The summed E-state index contributed by atoms with van der Waals surface area (Å²) in [6.45, 7) is 5.24. The molecule has 0 radical (unpaired) electrons. The molecule has 2 N–H and O–H groups in total. The van der Waals surface area contributed by atoms with Crippen molar-refractivity contribution in [1.82, 2.24) is 9.80 Å². The molecular formula is C15H24N2O3. The van der Waals surface area contributed by atoms with Crippen molar-refractivity contribution >= 4 is 5.97 Å². The van der Waals surface area contributed by atoms with E-state index in [9.17, 15) is 9.90 Å². The van der Waals surface area contributed by atoms with Crippen LogP contribution in [0.2, 0.25) is 0 Å². The number of hydrogen-bond donors (Lipinski definition) is 2. The van der Waals surface area contributed by atoms with Crippen LogP contribution in [0.3, 0.4) is 0 Å². The van der Waals surface area contributed by atoms with Gasteiger partial charge < -0.3 is 15.1 Å². The van der Waals surface area contributed by atoms with Crippen molar-refractivity contribution in [3.05, 3.63) is 29.3 Å². The quantitative estimate of drug-likeness (QED) is 0.796. The molecule has 0 amide bonds. The Hall–Kier alpha value is -1.59. The number of carboxylic acids is 1. The summed E-state index contributed by atoms with van der Waals surface area (Å²) in [6, 6.07) is 5.26. The second kappa shape index (κ2) is 7.26. The fraction of sp³-hybridized carbons (Fsp3) is 0.533. The molecular weight excluding hydrogens is 256 g/mol. The third-order valence-electron chi connectivity index (χ3n) is 3.35. The number of phenolic OH excluding ortho intramolecular Hbond substituents is 1. The van der Waals surface area contributed by atoms with Crippen LogP contribution in [0.25, 0.3) is 0 Å². The Morgan fingerprint density at radius 2 is 1.95 bits per heavy atom. The van der Waals surface area contributed by atoms with Crippen LogP contribution in [-0.2, 0) is 4.79 Å². The van der Waals surface area contributed by atoms with Gasteiger partial charge in [0.15, 0.2) is 0 Å². The number of phenols is 1. The third kappa shape index (κ3) is 4.83. The van der Waals surface area contributed by atoms with E-state index >= 15 is 0 Å². The maximum absolute atomic E-state index is 11.0. The van der Waals surface area contributed by atoms with E-state index in [1.807, 2.05) is 49.9 Å². The van der Waals surface area contributed by atoms with Crippen molar-refractivity contribution in [2.24, 2.45) is 0 Å². The monoisotopic (exact) mass is 280 g/mol. The highest BCUT2D eigenvalue weighted by Gasteiger charge is 2.21. The number of aryl methyl sites for hydroxylation is 1. The minimum absolute atomic E-state index is 0.0393. The normalized spacial score (nSPS) is 12.9. The number of likely N-dealkylation sites (N-methyl/N-ethyl adjacent to an activating group) is 1. The molecule has 1 aromatic carbocycles. The van der Waals surface area contributed by atoms with Crippen molar-refractivity contribution in [1.29, 1.82) is 0 Å². The van der Waals surface area contributed by atoms with Crippen molar-refractivity contribution in [3.63, 3.8) is 0 Å². The van der Waals surface area contributed by atoms with Gasteiger partial charge in [-0.15, -0.1) is 0 Å². The maximum atomic E-state index is 11.0. The molecule has 5 nitrogen and oxygen atoms in total. The maximum Gasteiger partial charge on any atom is 0.317 e. The minimum Gasteiger partial charge on any atom is -0.508 e. The lowest BCUT2D eigenvalue weighted by molar-refractivity contribution is -0.139. The average Bonchev–Trinajstić information content (AvgIpc) is 2.36. The highest BCUT2D eigenvalue weighted by atomic mass is 16.4. The number of hydrogen-bond acceptors (Lipinski definition) is 4. The van der Waals surface area contributed by atoms with Gasteiger partial charge in [0.2, 0.25) is 0 Å². The Kier molecular flexibility index (Phi) is 5.98. The zero-order valence-electron chi connectivity index (χ0n) is 12.6. The summed E-state index contributed by atoms with van der Waals surface area (Å²) >= 11 is 0. The molecule has 0 saturated carbocycles. The summed E-state index contributed by atoms with van der Waals surface area (Å²) in [5.41, 5.74) is 1.82. The van der Waals surface area contributed by atoms with E-state index in [1.54, 1.807) is 6.07 Å². The van der Waals surface area contributed by atoms with Gasteiger partial charge in [0.25, 0.3) is 0 Å². The van der Waals surface area contributed by atoms with Gasteiger partial charge in [-0.25, -0.2) is 0 Å². The van der Waals surface area contributed by atoms with Gasteiger partial charge in [0.05, 0.1) is 6.54 Å². The molecule has 0 saturated heterocycles. The van der Waals surface area contributed by atoms with Gasteiger partial charge in [-0.1, -0.05) is 17.7 Å². The lowest BCUT2D eigenvalue weighted by atomic mass is 10.0. The van der Waals surface area contributed by atoms with E-state index in [2.05, 4.69) is 0 Å². The number of aromatic hydroxyl groups is 1. The number of carboxylic acid groups (broad SMARTS) is 1. The molecule has 1 unspecified atom stereocenters. The Bertz CT molecular complexity index is 460. The van der Waals surface area contributed by atoms with Gasteiger partial charge in [-0.3, -0.25) is 9.69 Å². The molecule has 0 spiro atoms. The van der Waals surface area contributed by atoms with E-state index in [1.165, 1.54) is 0 Å². The van der Waals surface area contributed by atoms with Crippen LogP contribution in [0.15, 0.2) is 18.2 Å². The highest BCUT2D eigenvalue weighted by Crippen LogP contribution is 2.29. The van der Waals surface area contributed by atoms with E-state index < -0.39 is 5.97 Å². The first kappa shape index (κ1) is 16.5. The lowest BCUT2D eigenvalue weighted by Gasteiger charge is -2.29. The van der Waals surface area contributed by atoms with Gasteiger partial charge in [-0.2, -0.15) is 0 Å². The second-order valence-corrected chi connectivity index (χ2v) is 5.41. The predicted octanol–water partition coefficient (Wildman–Crippen LogP) is 1.71. The van der Waals surface area contributed by atoms with Gasteiger partial charge in [-0.05, 0) is 34.0 Å². The van der Waals surface area contributed by atoms with Crippen LogP contribution in [0, 0.1) is 6.92 Å². The number of carbonyl (C=O) groups is 1.